The largest absolute Gasteiger partial charge is 0.422 e. The van der Waals surface area contributed by atoms with Gasteiger partial charge in [-0.15, -0.1) is 0 Å². The molecule has 0 heterocycles. The maximum Gasteiger partial charge on any atom is 0.422 e. The third kappa shape index (κ3) is 5.78. The normalized spacial score (nSPS) is 10.1. The zero-order chi connectivity index (χ0) is 16.1. The zero-order valence-electron chi connectivity index (χ0n) is 9.70. The van der Waals surface area contributed by atoms with E-state index in [9.17, 15) is 38.8 Å². The summed E-state index contributed by atoms with van der Waals surface area (Å²) in [4.78, 5) is 28.0. The fourth-order valence-corrected chi connectivity index (χ4v) is 1.00. The maximum absolute atomic E-state index is 10.4. The Kier molecular flexibility index (Phi) is 5.62. The van der Waals surface area contributed by atoms with Crippen LogP contribution in [0.1, 0.15) is 0 Å². The van der Waals surface area contributed by atoms with Crippen molar-refractivity contribution in [2.45, 2.75) is 0 Å². The number of nitro benzene ring substituents is 3. The molecule has 12 nitrogen and oxygen atoms in total. The molecule has 0 radical (unpaired) electrons. The Morgan fingerprint density at radius 1 is 0.950 bits per heavy atom. The molecule has 0 unspecified atom stereocenters. The van der Waals surface area contributed by atoms with Crippen molar-refractivity contribution in [3.8, 4) is 0 Å². The van der Waals surface area contributed by atoms with E-state index in [1.807, 2.05) is 0 Å². The maximum atomic E-state index is 10.4. The Hall–Kier alpha value is -2.67. The average Bonchev–Trinajstić information content (AvgIpc) is 2.25. The summed E-state index contributed by atoms with van der Waals surface area (Å²) in [6, 6.07) is 2.69. The highest BCUT2D eigenvalue weighted by atomic mass is 32.2. The van der Waals surface area contributed by atoms with Crippen molar-refractivity contribution in [2.24, 2.45) is 0 Å². The van der Waals surface area contributed by atoms with E-state index >= 15 is 0 Å². The highest BCUT2D eigenvalue weighted by Gasteiger charge is 2.34. The first-order chi connectivity index (χ1) is 8.95. The van der Waals surface area contributed by atoms with Crippen molar-refractivity contribution in [1.82, 2.24) is 0 Å². The van der Waals surface area contributed by atoms with E-state index in [0.717, 1.165) is 18.2 Å². The minimum absolute atomic E-state index is 0.715. The molecule has 0 spiro atoms. The lowest BCUT2D eigenvalue weighted by molar-refractivity contribution is -0.441. The fourth-order valence-electron chi connectivity index (χ4n) is 1.00. The summed E-state index contributed by atoms with van der Waals surface area (Å²) >= 11 is 0. The van der Waals surface area contributed by atoms with E-state index in [-0.39, 0.29) is 0 Å². The SMILES string of the molecule is CS(=O)(=O)O.O=[N+]([O-])c1cccc([N+](=O)[O-])c1[N+](=O)[O-]. The molecular weight excluding hydrogens is 302 g/mol. The summed E-state index contributed by atoms with van der Waals surface area (Å²) in [7, 11) is -3.67. The van der Waals surface area contributed by atoms with Crippen molar-refractivity contribution < 1.29 is 27.7 Å². The van der Waals surface area contributed by atoms with E-state index in [2.05, 4.69) is 0 Å². The molecule has 1 aromatic carbocycles. The van der Waals surface area contributed by atoms with Crippen LogP contribution in [-0.2, 0) is 10.1 Å². The van der Waals surface area contributed by atoms with Crippen molar-refractivity contribution >= 4 is 27.2 Å². The van der Waals surface area contributed by atoms with Crippen LogP contribution in [0.15, 0.2) is 18.2 Å². The second kappa shape index (κ2) is 6.48. The summed E-state index contributed by atoms with van der Waals surface area (Å²) in [5, 5.41) is 31.2. The summed E-state index contributed by atoms with van der Waals surface area (Å²) in [5.41, 5.74) is -2.89. The van der Waals surface area contributed by atoms with Crippen LogP contribution >= 0.6 is 0 Å². The Morgan fingerprint density at radius 2 is 1.25 bits per heavy atom. The first-order valence-corrected chi connectivity index (χ1v) is 6.28. The molecule has 0 aliphatic carbocycles. The van der Waals surface area contributed by atoms with Gasteiger partial charge in [0.1, 0.15) is 0 Å². The molecule has 1 N–H and O–H groups in total. The second-order valence-electron chi connectivity index (χ2n) is 3.15. The Bertz CT molecular complexity index is 613. The molecule has 0 fully saturated rings. The lowest BCUT2D eigenvalue weighted by Gasteiger charge is -1.95. The van der Waals surface area contributed by atoms with Gasteiger partial charge in [0.15, 0.2) is 0 Å². The molecule has 0 aromatic heterocycles. The highest BCUT2D eigenvalue weighted by Crippen LogP contribution is 2.35. The first kappa shape index (κ1) is 17.3. The van der Waals surface area contributed by atoms with Crippen LogP contribution in [0, 0.1) is 30.3 Å². The fraction of sp³-hybridized carbons (Fsp3) is 0.143. The number of hydrogen-bond acceptors (Lipinski definition) is 8. The highest BCUT2D eigenvalue weighted by molar-refractivity contribution is 7.85. The number of nitrogens with zero attached hydrogens (tertiary/aromatic N) is 3. The van der Waals surface area contributed by atoms with Crippen molar-refractivity contribution in [1.29, 1.82) is 0 Å². The molecule has 0 saturated heterocycles. The molecule has 1 aromatic rings. The lowest BCUT2D eigenvalue weighted by atomic mass is 10.2. The molecule has 0 saturated carbocycles. The van der Waals surface area contributed by atoms with Gasteiger partial charge in [-0.25, -0.2) is 0 Å². The van der Waals surface area contributed by atoms with Gasteiger partial charge in [0.25, 0.3) is 10.1 Å². The first-order valence-electron chi connectivity index (χ1n) is 4.43. The number of nitro groups is 3. The predicted molar refractivity (Wildman–Crippen MR) is 63.9 cm³/mol. The third-order valence-electron chi connectivity index (χ3n) is 1.57. The Morgan fingerprint density at radius 3 is 1.45 bits per heavy atom. The van der Waals surface area contributed by atoms with Gasteiger partial charge in [-0.05, 0) is 6.07 Å². The number of para-hydroxylation sites is 1. The Balaban J connectivity index is 0.000000621. The summed E-state index contributed by atoms with van der Waals surface area (Å²) in [6.07, 6.45) is 0.715. The molecule has 110 valence electrons. The molecule has 0 atom stereocenters. The third-order valence-corrected chi connectivity index (χ3v) is 1.57. The summed E-state index contributed by atoms with van der Waals surface area (Å²) in [6.45, 7) is 0. The van der Waals surface area contributed by atoms with E-state index in [1.54, 1.807) is 0 Å². The van der Waals surface area contributed by atoms with Gasteiger partial charge < -0.3 is 0 Å². The topological polar surface area (TPSA) is 184 Å². The van der Waals surface area contributed by atoms with Gasteiger partial charge in [0, 0.05) is 12.1 Å². The van der Waals surface area contributed by atoms with Crippen molar-refractivity contribution in [2.75, 3.05) is 6.26 Å². The van der Waals surface area contributed by atoms with Gasteiger partial charge in [-0.2, -0.15) is 8.42 Å². The quantitative estimate of drug-likeness (QED) is 0.481. The average molecular weight is 309 g/mol. The van der Waals surface area contributed by atoms with E-state index in [0.29, 0.717) is 6.26 Å². The molecule has 0 amide bonds. The van der Waals surface area contributed by atoms with Crippen LogP contribution in [-0.4, -0.2) is 34.0 Å². The molecule has 13 heteroatoms. The zero-order valence-corrected chi connectivity index (χ0v) is 10.5. The van der Waals surface area contributed by atoms with Crippen LogP contribution in [0.2, 0.25) is 0 Å². The molecule has 0 aliphatic rings. The van der Waals surface area contributed by atoms with Crippen molar-refractivity contribution in [3.63, 3.8) is 0 Å². The lowest BCUT2D eigenvalue weighted by Crippen LogP contribution is -2.00. The summed E-state index contributed by atoms with van der Waals surface area (Å²) in [5.74, 6) is 0. The van der Waals surface area contributed by atoms with Crippen LogP contribution in [0.5, 0.6) is 0 Å². The number of benzene rings is 1. The minimum Gasteiger partial charge on any atom is -0.286 e. The van der Waals surface area contributed by atoms with Crippen LogP contribution in [0.4, 0.5) is 17.1 Å². The molecule has 0 aliphatic heterocycles. The van der Waals surface area contributed by atoms with Gasteiger partial charge in [-0.3, -0.25) is 34.9 Å². The van der Waals surface area contributed by atoms with Gasteiger partial charge >= 0.3 is 17.1 Å². The minimum atomic E-state index is -3.67. The summed E-state index contributed by atoms with van der Waals surface area (Å²) < 4.78 is 25.9. The van der Waals surface area contributed by atoms with E-state index in [4.69, 9.17) is 4.55 Å². The molecule has 1 rings (SSSR count). The van der Waals surface area contributed by atoms with Crippen LogP contribution in [0.25, 0.3) is 0 Å². The number of rotatable bonds is 3. The van der Waals surface area contributed by atoms with Crippen LogP contribution in [0.3, 0.4) is 0 Å². The van der Waals surface area contributed by atoms with Gasteiger partial charge in [0.2, 0.25) is 0 Å². The molecule has 20 heavy (non-hydrogen) atoms. The Labute approximate surface area is 110 Å². The predicted octanol–water partition coefficient (Wildman–Crippen LogP) is 0.915. The van der Waals surface area contributed by atoms with E-state index in [1.165, 1.54) is 0 Å². The number of hydrogen-bond donors (Lipinski definition) is 1. The second-order valence-corrected chi connectivity index (χ2v) is 4.62. The van der Waals surface area contributed by atoms with Gasteiger partial charge in [0.05, 0.1) is 21.0 Å². The van der Waals surface area contributed by atoms with Crippen LogP contribution < -0.4 is 0 Å². The molecule has 0 bridgehead atoms. The monoisotopic (exact) mass is 309 g/mol. The van der Waals surface area contributed by atoms with Crippen molar-refractivity contribution in [3.05, 3.63) is 48.5 Å². The van der Waals surface area contributed by atoms with Gasteiger partial charge in [-0.1, -0.05) is 0 Å². The standard InChI is InChI=1S/C6H3N3O6.CH4O3S/c10-7(11)4-2-1-3-5(8(12)13)6(4)9(14)15;1-5(2,3)4/h1-3H;1H3,(H,2,3,4). The molecular formula is C7H7N3O9S. The smallest absolute Gasteiger partial charge is 0.286 e. The van der Waals surface area contributed by atoms with E-state index < -0.39 is 42.0 Å².